The standard InChI is InChI=1S/C13H29N3/c1-4-6-12(14)11-15(3)13-7-9-16(5-2)10-8-13/h12-13H,4-11,14H2,1-3H3. The zero-order valence-electron chi connectivity index (χ0n) is 11.3. The lowest BCUT2D eigenvalue weighted by atomic mass is 10.0. The maximum absolute atomic E-state index is 6.09. The van der Waals surface area contributed by atoms with Gasteiger partial charge in [0.1, 0.15) is 0 Å². The average Bonchev–Trinajstić information content (AvgIpc) is 2.29. The molecule has 0 amide bonds. The van der Waals surface area contributed by atoms with E-state index in [0.29, 0.717) is 6.04 Å². The lowest BCUT2D eigenvalue weighted by Crippen LogP contribution is -2.46. The maximum atomic E-state index is 6.09. The van der Waals surface area contributed by atoms with Gasteiger partial charge in [-0.3, -0.25) is 0 Å². The van der Waals surface area contributed by atoms with Crippen LogP contribution in [-0.4, -0.2) is 55.1 Å². The van der Waals surface area contributed by atoms with Crippen molar-refractivity contribution < 1.29 is 0 Å². The van der Waals surface area contributed by atoms with Crippen LogP contribution < -0.4 is 5.73 Å². The van der Waals surface area contributed by atoms with Gasteiger partial charge in [0.05, 0.1) is 0 Å². The van der Waals surface area contributed by atoms with Gasteiger partial charge in [-0.05, 0) is 45.9 Å². The minimum atomic E-state index is 0.360. The molecule has 0 aliphatic carbocycles. The Balaban J connectivity index is 2.24. The summed E-state index contributed by atoms with van der Waals surface area (Å²) >= 11 is 0. The minimum absolute atomic E-state index is 0.360. The molecule has 1 unspecified atom stereocenters. The van der Waals surface area contributed by atoms with Gasteiger partial charge in [-0.15, -0.1) is 0 Å². The summed E-state index contributed by atoms with van der Waals surface area (Å²) in [6.45, 7) is 9.24. The fourth-order valence-electron chi connectivity index (χ4n) is 2.66. The van der Waals surface area contributed by atoms with Gasteiger partial charge in [-0.25, -0.2) is 0 Å². The molecule has 1 fully saturated rings. The summed E-state index contributed by atoms with van der Waals surface area (Å²) in [4.78, 5) is 5.02. The van der Waals surface area contributed by atoms with Crippen LogP contribution in [0.4, 0.5) is 0 Å². The molecular formula is C13H29N3. The number of likely N-dealkylation sites (tertiary alicyclic amines) is 1. The van der Waals surface area contributed by atoms with Crippen LogP contribution in [-0.2, 0) is 0 Å². The molecule has 0 aromatic carbocycles. The summed E-state index contributed by atoms with van der Waals surface area (Å²) in [5.74, 6) is 0. The van der Waals surface area contributed by atoms with Gasteiger partial charge in [0.15, 0.2) is 0 Å². The summed E-state index contributed by atoms with van der Waals surface area (Å²) in [7, 11) is 2.24. The van der Waals surface area contributed by atoms with Crippen molar-refractivity contribution in [1.82, 2.24) is 9.80 Å². The predicted octanol–water partition coefficient (Wildman–Crippen LogP) is 1.53. The molecule has 3 nitrogen and oxygen atoms in total. The van der Waals surface area contributed by atoms with E-state index in [0.717, 1.165) is 19.0 Å². The van der Waals surface area contributed by atoms with Crippen molar-refractivity contribution in [3.63, 3.8) is 0 Å². The lowest BCUT2D eigenvalue weighted by molar-refractivity contribution is 0.126. The third-order valence-electron chi connectivity index (χ3n) is 3.81. The molecule has 1 saturated heterocycles. The average molecular weight is 227 g/mol. The zero-order valence-corrected chi connectivity index (χ0v) is 11.3. The number of likely N-dealkylation sites (N-methyl/N-ethyl adjacent to an activating group) is 1. The van der Waals surface area contributed by atoms with Gasteiger partial charge in [0.2, 0.25) is 0 Å². The zero-order chi connectivity index (χ0) is 12.0. The molecule has 0 aromatic rings. The van der Waals surface area contributed by atoms with Crippen LogP contribution in [0.1, 0.15) is 39.5 Å². The lowest BCUT2D eigenvalue weighted by Gasteiger charge is -2.37. The summed E-state index contributed by atoms with van der Waals surface area (Å²) in [6.07, 6.45) is 4.97. The Bertz CT molecular complexity index is 176. The maximum Gasteiger partial charge on any atom is 0.0167 e. The number of nitrogens with two attached hydrogens (primary N) is 1. The molecule has 0 radical (unpaired) electrons. The molecule has 1 atom stereocenters. The molecule has 1 aliphatic rings. The van der Waals surface area contributed by atoms with Crippen molar-refractivity contribution in [2.75, 3.05) is 33.2 Å². The number of rotatable bonds is 6. The van der Waals surface area contributed by atoms with Crippen LogP contribution in [0.3, 0.4) is 0 Å². The SMILES string of the molecule is CCCC(N)CN(C)C1CCN(CC)CC1. The van der Waals surface area contributed by atoms with Crippen LogP contribution in [0, 0.1) is 0 Å². The highest BCUT2D eigenvalue weighted by Crippen LogP contribution is 2.15. The Hall–Kier alpha value is -0.120. The molecule has 2 N–H and O–H groups in total. The first-order valence-corrected chi connectivity index (χ1v) is 6.85. The van der Waals surface area contributed by atoms with E-state index in [4.69, 9.17) is 5.73 Å². The third-order valence-corrected chi connectivity index (χ3v) is 3.81. The van der Waals surface area contributed by atoms with Crippen LogP contribution >= 0.6 is 0 Å². The molecule has 0 aromatic heterocycles. The minimum Gasteiger partial charge on any atom is -0.327 e. The quantitative estimate of drug-likeness (QED) is 0.747. The second kappa shape index (κ2) is 7.25. The van der Waals surface area contributed by atoms with Crippen molar-refractivity contribution in [3.05, 3.63) is 0 Å². The number of piperidine rings is 1. The Kier molecular flexibility index (Phi) is 6.32. The summed E-state index contributed by atoms with van der Waals surface area (Å²) < 4.78 is 0. The topological polar surface area (TPSA) is 32.5 Å². The van der Waals surface area contributed by atoms with E-state index < -0.39 is 0 Å². The monoisotopic (exact) mass is 227 g/mol. The summed E-state index contributed by atoms with van der Waals surface area (Å²) in [5, 5.41) is 0. The Labute approximate surface area is 101 Å². The first-order valence-electron chi connectivity index (χ1n) is 6.85. The van der Waals surface area contributed by atoms with Gasteiger partial charge in [-0.2, -0.15) is 0 Å². The van der Waals surface area contributed by atoms with Crippen LogP contribution in [0.15, 0.2) is 0 Å². The van der Waals surface area contributed by atoms with Crippen LogP contribution in [0.25, 0.3) is 0 Å². The largest absolute Gasteiger partial charge is 0.327 e. The van der Waals surface area contributed by atoms with E-state index in [9.17, 15) is 0 Å². The second-order valence-electron chi connectivity index (χ2n) is 5.15. The van der Waals surface area contributed by atoms with E-state index >= 15 is 0 Å². The fourth-order valence-corrected chi connectivity index (χ4v) is 2.66. The van der Waals surface area contributed by atoms with Crippen LogP contribution in [0.2, 0.25) is 0 Å². The van der Waals surface area contributed by atoms with E-state index in [1.54, 1.807) is 0 Å². The molecular weight excluding hydrogens is 198 g/mol. The molecule has 1 rings (SSSR count). The van der Waals surface area contributed by atoms with Crippen molar-refractivity contribution in [2.45, 2.75) is 51.6 Å². The number of nitrogens with zero attached hydrogens (tertiary/aromatic N) is 2. The Morgan fingerprint density at radius 2 is 1.94 bits per heavy atom. The number of hydrogen-bond acceptors (Lipinski definition) is 3. The fraction of sp³-hybridized carbons (Fsp3) is 1.00. The molecule has 16 heavy (non-hydrogen) atoms. The van der Waals surface area contributed by atoms with Crippen molar-refractivity contribution in [1.29, 1.82) is 0 Å². The Morgan fingerprint density at radius 3 is 2.44 bits per heavy atom. The second-order valence-corrected chi connectivity index (χ2v) is 5.15. The Morgan fingerprint density at radius 1 is 1.31 bits per heavy atom. The van der Waals surface area contributed by atoms with Gasteiger partial charge < -0.3 is 15.5 Å². The molecule has 0 saturated carbocycles. The molecule has 1 heterocycles. The highest BCUT2D eigenvalue weighted by molar-refractivity contribution is 4.79. The van der Waals surface area contributed by atoms with Crippen molar-refractivity contribution in [2.24, 2.45) is 5.73 Å². The third kappa shape index (κ3) is 4.40. The first kappa shape index (κ1) is 13.9. The normalized spacial score (nSPS) is 21.6. The number of hydrogen-bond donors (Lipinski definition) is 1. The van der Waals surface area contributed by atoms with E-state index in [2.05, 4.69) is 30.7 Å². The van der Waals surface area contributed by atoms with E-state index in [1.807, 2.05) is 0 Å². The smallest absolute Gasteiger partial charge is 0.0167 e. The molecule has 0 bridgehead atoms. The summed E-state index contributed by atoms with van der Waals surface area (Å²) in [5.41, 5.74) is 6.09. The van der Waals surface area contributed by atoms with Gasteiger partial charge in [-0.1, -0.05) is 20.3 Å². The van der Waals surface area contributed by atoms with Gasteiger partial charge in [0.25, 0.3) is 0 Å². The first-order chi connectivity index (χ1) is 7.67. The van der Waals surface area contributed by atoms with E-state index in [-0.39, 0.29) is 0 Å². The van der Waals surface area contributed by atoms with Gasteiger partial charge >= 0.3 is 0 Å². The molecule has 1 aliphatic heterocycles. The highest BCUT2D eigenvalue weighted by Gasteiger charge is 2.22. The van der Waals surface area contributed by atoms with Gasteiger partial charge in [0, 0.05) is 18.6 Å². The predicted molar refractivity (Wildman–Crippen MR) is 70.6 cm³/mol. The highest BCUT2D eigenvalue weighted by atomic mass is 15.2. The van der Waals surface area contributed by atoms with Crippen molar-refractivity contribution >= 4 is 0 Å². The molecule has 96 valence electrons. The van der Waals surface area contributed by atoms with E-state index in [1.165, 1.54) is 38.9 Å². The molecule has 0 spiro atoms. The van der Waals surface area contributed by atoms with Crippen molar-refractivity contribution in [3.8, 4) is 0 Å². The summed E-state index contributed by atoms with van der Waals surface area (Å²) in [6, 6.07) is 1.12. The molecule has 3 heteroatoms. The van der Waals surface area contributed by atoms with Crippen LogP contribution in [0.5, 0.6) is 0 Å².